The van der Waals surface area contributed by atoms with E-state index in [9.17, 15) is 0 Å². The van der Waals surface area contributed by atoms with Gasteiger partial charge in [0.05, 0.1) is 12.9 Å². The highest BCUT2D eigenvalue weighted by atomic mass is 127. The molecule has 3 N–H and O–H groups in total. The molecule has 28 heavy (non-hydrogen) atoms. The minimum Gasteiger partial charge on any atom is -0.494 e. The van der Waals surface area contributed by atoms with Crippen LogP contribution in [-0.2, 0) is 6.42 Å². The molecule has 0 aliphatic heterocycles. The third kappa shape index (κ3) is 6.87. The van der Waals surface area contributed by atoms with E-state index in [0.29, 0.717) is 31.2 Å². The Morgan fingerprint density at radius 2 is 1.96 bits per heavy atom. The Morgan fingerprint density at radius 3 is 2.71 bits per heavy atom. The summed E-state index contributed by atoms with van der Waals surface area (Å²) in [6.07, 6.45) is 3.18. The molecule has 2 heterocycles. The van der Waals surface area contributed by atoms with Crippen molar-refractivity contribution < 1.29 is 9.15 Å². The molecule has 0 aliphatic carbocycles. The van der Waals surface area contributed by atoms with Crippen LogP contribution in [0.15, 0.2) is 58.1 Å². The molecule has 9 heteroatoms. The van der Waals surface area contributed by atoms with E-state index in [0.717, 1.165) is 30.5 Å². The second kappa shape index (κ2) is 12.0. The molecule has 1 aromatic carbocycles. The molecule has 3 aromatic rings. The van der Waals surface area contributed by atoms with E-state index in [1.807, 2.05) is 42.5 Å². The minimum absolute atomic E-state index is 0. The summed E-state index contributed by atoms with van der Waals surface area (Å²) >= 11 is 0. The number of halogens is 1. The second-order valence-electron chi connectivity index (χ2n) is 5.77. The largest absolute Gasteiger partial charge is 0.494 e. The SMILES string of the molecule is CN=C(NCCCOc1ccccc1)NCCc1nc(-c2ccco2)n[nH]1.I. The number of aromatic nitrogens is 3. The number of aromatic amines is 1. The maximum atomic E-state index is 5.67. The van der Waals surface area contributed by atoms with Crippen molar-refractivity contribution in [2.75, 3.05) is 26.7 Å². The molecular formula is C19H25IN6O2. The van der Waals surface area contributed by atoms with Gasteiger partial charge in [0.1, 0.15) is 11.6 Å². The fourth-order valence-electron chi connectivity index (χ4n) is 2.43. The molecule has 0 aliphatic rings. The van der Waals surface area contributed by atoms with Crippen molar-refractivity contribution >= 4 is 29.9 Å². The van der Waals surface area contributed by atoms with Crippen molar-refractivity contribution in [3.05, 3.63) is 54.6 Å². The van der Waals surface area contributed by atoms with Gasteiger partial charge in [-0.05, 0) is 30.7 Å². The van der Waals surface area contributed by atoms with Crippen LogP contribution in [-0.4, -0.2) is 47.9 Å². The lowest BCUT2D eigenvalue weighted by atomic mass is 10.3. The van der Waals surface area contributed by atoms with Gasteiger partial charge >= 0.3 is 0 Å². The number of rotatable bonds is 9. The topological polar surface area (TPSA) is 100 Å². The van der Waals surface area contributed by atoms with Crippen LogP contribution in [0.2, 0.25) is 0 Å². The monoisotopic (exact) mass is 496 g/mol. The van der Waals surface area contributed by atoms with Gasteiger partial charge in [0.2, 0.25) is 5.82 Å². The molecular weight excluding hydrogens is 471 g/mol. The van der Waals surface area contributed by atoms with Crippen LogP contribution < -0.4 is 15.4 Å². The van der Waals surface area contributed by atoms with Crippen LogP contribution in [0.4, 0.5) is 0 Å². The lowest BCUT2D eigenvalue weighted by molar-refractivity contribution is 0.311. The number of guanidine groups is 1. The molecule has 0 spiro atoms. The summed E-state index contributed by atoms with van der Waals surface area (Å²) in [6.45, 7) is 2.12. The zero-order chi connectivity index (χ0) is 18.7. The van der Waals surface area contributed by atoms with Gasteiger partial charge in [0.25, 0.3) is 0 Å². The third-order valence-corrected chi connectivity index (χ3v) is 3.78. The number of benzene rings is 1. The van der Waals surface area contributed by atoms with Crippen molar-refractivity contribution in [3.8, 4) is 17.3 Å². The highest BCUT2D eigenvalue weighted by molar-refractivity contribution is 14.0. The highest BCUT2D eigenvalue weighted by Crippen LogP contribution is 2.14. The predicted molar refractivity (Wildman–Crippen MR) is 119 cm³/mol. The van der Waals surface area contributed by atoms with E-state index in [4.69, 9.17) is 9.15 Å². The van der Waals surface area contributed by atoms with Crippen molar-refractivity contribution in [1.82, 2.24) is 25.8 Å². The Hall–Kier alpha value is -2.56. The first-order chi connectivity index (χ1) is 13.3. The molecule has 0 bridgehead atoms. The van der Waals surface area contributed by atoms with Gasteiger partial charge in [-0.15, -0.1) is 24.0 Å². The zero-order valence-corrected chi connectivity index (χ0v) is 18.1. The number of hydrogen-bond acceptors (Lipinski definition) is 5. The molecule has 0 unspecified atom stereocenters. The van der Waals surface area contributed by atoms with Crippen LogP contribution in [0.5, 0.6) is 5.75 Å². The third-order valence-electron chi connectivity index (χ3n) is 3.78. The highest BCUT2D eigenvalue weighted by Gasteiger charge is 2.08. The molecule has 0 saturated carbocycles. The summed E-state index contributed by atoms with van der Waals surface area (Å²) < 4.78 is 11.0. The zero-order valence-electron chi connectivity index (χ0n) is 15.7. The predicted octanol–water partition coefficient (Wildman–Crippen LogP) is 2.86. The number of ether oxygens (including phenoxy) is 1. The summed E-state index contributed by atoms with van der Waals surface area (Å²) in [5, 5.41) is 13.6. The summed E-state index contributed by atoms with van der Waals surface area (Å²) in [6, 6.07) is 13.5. The number of nitrogens with one attached hydrogen (secondary N) is 3. The first kappa shape index (κ1) is 21.7. The van der Waals surface area contributed by atoms with Gasteiger partial charge < -0.3 is 19.8 Å². The van der Waals surface area contributed by atoms with Crippen molar-refractivity contribution in [1.29, 1.82) is 0 Å². The minimum atomic E-state index is 0. The number of H-pyrrole nitrogens is 1. The Labute approximate surface area is 181 Å². The van der Waals surface area contributed by atoms with E-state index >= 15 is 0 Å². The van der Waals surface area contributed by atoms with E-state index in [1.165, 1.54) is 0 Å². The average molecular weight is 496 g/mol. The normalized spacial score (nSPS) is 11.0. The first-order valence-corrected chi connectivity index (χ1v) is 8.92. The number of para-hydroxylation sites is 1. The molecule has 0 radical (unpaired) electrons. The first-order valence-electron chi connectivity index (χ1n) is 8.92. The van der Waals surface area contributed by atoms with Gasteiger partial charge in [0.15, 0.2) is 11.7 Å². The van der Waals surface area contributed by atoms with E-state index in [2.05, 4.69) is 30.8 Å². The van der Waals surface area contributed by atoms with Crippen molar-refractivity contribution in [2.45, 2.75) is 12.8 Å². The van der Waals surface area contributed by atoms with Crippen LogP contribution in [0.25, 0.3) is 11.6 Å². The molecule has 0 atom stereocenters. The van der Waals surface area contributed by atoms with Gasteiger partial charge in [-0.1, -0.05) is 18.2 Å². The van der Waals surface area contributed by atoms with Gasteiger partial charge in [-0.2, -0.15) is 5.10 Å². The van der Waals surface area contributed by atoms with Crippen LogP contribution in [0.1, 0.15) is 12.2 Å². The molecule has 0 saturated heterocycles. The number of nitrogens with zero attached hydrogens (tertiary/aromatic N) is 3. The molecule has 2 aromatic heterocycles. The van der Waals surface area contributed by atoms with E-state index in [1.54, 1.807) is 13.3 Å². The molecule has 8 nitrogen and oxygen atoms in total. The van der Waals surface area contributed by atoms with Gasteiger partial charge in [-0.3, -0.25) is 10.1 Å². The van der Waals surface area contributed by atoms with Crippen LogP contribution in [0, 0.1) is 0 Å². The summed E-state index contributed by atoms with van der Waals surface area (Å²) in [4.78, 5) is 8.63. The Bertz CT molecular complexity index is 820. The van der Waals surface area contributed by atoms with E-state index in [-0.39, 0.29) is 24.0 Å². The number of furan rings is 1. The summed E-state index contributed by atoms with van der Waals surface area (Å²) in [5.41, 5.74) is 0. The average Bonchev–Trinajstić information content (AvgIpc) is 3.39. The quantitative estimate of drug-likeness (QED) is 0.182. The fourth-order valence-corrected chi connectivity index (χ4v) is 2.43. The standard InChI is InChI=1S/C19H24N6O2.HI/c1-20-19(21-11-6-14-26-15-7-3-2-4-8-15)22-12-10-17-23-18(25-24-17)16-9-5-13-27-16;/h2-5,7-9,13H,6,10-12,14H2,1H3,(H2,20,21,22)(H,23,24,25);1H. The Morgan fingerprint density at radius 1 is 1.14 bits per heavy atom. The number of aliphatic imine (C=N–C) groups is 1. The maximum absolute atomic E-state index is 5.67. The smallest absolute Gasteiger partial charge is 0.216 e. The lowest BCUT2D eigenvalue weighted by Crippen LogP contribution is -2.39. The molecule has 150 valence electrons. The number of hydrogen-bond donors (Lipinski definition) is 3. The van der Waals surface area contributed by atoms with Crippen molar-refractivity contribution in [2.24, 2.45) is 4.99 Å². The second-order valence-corrected chi connectivity index (χ2v) is 5.77. The Balaban J connectivity index is 0.00000280. The van der Waals surface area contributed by atoms with Crippen LogP contribution in [0.3, 0.4) is 0 Å². The molecule has 3 rings (SSSR count). The van der Waals surface area contributed by atoms with Crippen LogP contribution >= 0.6 is 24.0 Å². The summed E-state index contributed by atoms with van der Waals surface area (Å²) in [7, 11) is 1.75. The maximum Gasteiger partial charge on any atom is 0.216 e. The lowest BCUT2D eigenvalue weighted by Gasteiger charge is -2.11. The molecule has 0 fully saturated rings. The van der Waals surface area contributed by atoms with Gasteiger partial charge in [-0.25, -0.2) is 4.98 Å². The molecule has 0 amide bonds. The van der Waals surface area contributed by atoms with E-state index < -0.39 is 0 Å². The Kier molecular flexibility index (Phi) is 9.32. The fraction of sp³-hybridized carbons (Fsp3) is 0.316. The van der Waals surface area contributed by atoms with Gasteiger partial charge in [0, 0.05) is 26.6 Å². The van der Waals surface area contributed by atoms with Crippen molar-refractivity contribution in [3.63, 3.8) is 0 Å². The summed E-state index contributed by atoms with van der Waals surface area (Å²) in [5.74, 6) is 3.65.